The zero-order valence-corrected chi connectivity index (χ0v) is 19.4. The number of imidazole rings is 1. The first kappa shape index (κ1) is 24.2. The van der Waals surface area contributed by atoms with E-state index in [1.54, 1.807) is 6.20 Å². The van der Waals surface area contributed by atoms with Gasteiger partial charge in [-0.2, -0.15) is 0 Å². The van der Waals surface area contributed by atoms with Crippen molar-refractivity contribution in [2.24, 2.45) is 5.73 Å². The van der Waals surface area contributed by atoms with Crippen molar-refractivity contribution in [3.63, 3.8) is 0 Å². The van der Waals surface area contributed by atoms with Crippen LogP contribution in [0.5, 0.6) is 0 Å². The normalized spacial score (nSPS) is 18.1. The molecule has 2 heterocycles. The number of nitrogens with zero attached hydrogens (tertiary/aromatic N) is 2. The number of carbonyl (C=O) groups is 3. The number of nitrogens with one attached hydrogen (secondary N) is 1. The molecular weight excluding hydrogens is 448 g/mol. The number of hydrogen-bond acceptors (Lipinski definition) is 6. The van der Waals surface area contributed by atoms with E-state index >= 15 is 0 Å². The van der Waals surface area contributed by atoms with Crippen LogP contribution in [0, 0.1) is 0 Å². The van der Waals surface area contributed by atoms with Crippen LogP contribution in [0.3, 0.4) is 0 Å². The number of benzene rings is 2. The van der Waals surface area contributed by atoms with Crippen molar-refractivity contribution in [2.75, 3.05) is 0 Å². The van der Waals surface area contributed by atoms with Gasteiger partial charge in [-0.3, -0.25) is 14.4 Å². The van der Waals surface area contributed by atoms with Crippen LogP contribution in [0.1, 0.15) is 40.8 Å². The largest absolute Gasteiger partial charge is 0.433 e. The molecule has 1 aromatic heterocycles. The second kappa shape index (κ2) is 11.0. The third kappa shape index (κ3) is 5.93. The number of hydrogen-bond donors (Lipinski definition) is 2. The Balaban J connectivity index is 1.51. The summed E-state index contributed by atoms with van der Waals surface area (Å²) in [4.78, 5) is 46.3. The fraction of sp³-hybridized carbons (Fsp3) is 0.308. The van der Waals surface area contributed by atoms with E-state index in [1.165, 1.54) is 11.8 Å². The van der Waals surface area contributed by atoms with E-state index in [0.717, 1.165) is 17.5 Å². The first-order valence-corrected chi connectivity index (χ1v) is 11.5. The van der Waals surface area contributed by atoms with Crippen LogP contribution in [0.15, 0.2) is 66.9 Å². The van der Waals surface area contributed by atoms with E-state index in [1.807, 2.05) is 60.7 Å². The maximum Gasteiger partial charge on any atom is 0.310 e. The number of amides is 2. The van der Waals surface area contributed by atoms with Crippen molar-refractivity contribution in [3.8, 4) is 0 Å². The van der Waals surface area contributed by atoms with Gasteiger partial charge in [0.1, 0.15) is 12.1 Å². The highest BCUT2D eigenvalue weighted by Crippen LogP contribution is 2.26. The number of primary amides is 1. The Morgan fingerprint density at radius 1 is 1.11 bits per heavy atom. The Morgan fingerprint density at radius 2 is 1.77 bits per heavy atom. The van der Waals surface area contributed by atoms with Crippen LogP contribution >= 0.6 is 0 Å². The molecule has 1 saturated heterocycles. The third-order valence-electron chi connectivity index (χ3n) is 5.96. The highest BCUT2D eigenvalue weighted by molar-refractivity contribution is 5.95. The number of carbonyl (C=O) groups excluding carboxylic acids is 3. The Labute approximate surface area is 203 Å². The molecule has 0 radical (unpaired) electrons. The molecule has 2 unspecified atom stereocenters. The van der Waals surface area contributed by atoms with Gasteiger partial charge < -0.3 is 25.1 Å². The number of nitrogens with two attached hydrogens (primary N) is 1. The summed E-state index contributed by atoms with van der Waals surface area (Å²) >= 11 is 0. The van der Waals surface area contributed by atoms with Crippen LogP contribution in [-0.4, -0.2) is 51.0 Å². The average molecular weight is 477 g/mol. The first-order chi connectivity index (χ1) is 16.9. The lowest BCUT2D eigenvalue weighted by Gasteiger charge is -2.33. The Morgan fingerprint density at radius 3 is 2.43 bits per heavy atom. The fourth-order valence-corrected chi connectivity index (χ4v) is 4.04. The number of esters is 1. The summed E-state index contributed by atoms with van der Waals surface area (Å²) in [7, 11) is 0. The van der Waals surface area contributed by atoms with E-state index < -0.39 is 36.2 Å². The molecule has 1 aliphatic rings. The van der Waals surface area contributed by atoms with E-state index in [0.29, 0.717) is 12.1 Å². The molecule has 0 spiro atoms. The molecule has 3 aromatic rings. The van der Waals surface area contributed by atoms with Gasteiger partial charge in [0.2, 0.25) is 12.2 Å². The molecule has 182 valence electrons. The first-order valence-electron chi connectivity index (χ1n) is 11.5. The van der Waals surface area contributed by atoms with E-state index in [9.17, 15) is 14.4 Å². The second-order valence-electron chi connectivity index (χ2n) is 8.44. The summed E-state index contributed by atoms with van der Waals surface area (Å²) in [5.41, 5.74) is 8.30. The number of H-pyrrole nitrogens is 1. The SMILES string of the molecule is C[C@@H](C(N)=O)N(C(=O)c1nc(CCc2ccccc2)c[nH]1)C1CC(=O)OC1OCc1ccccc1. The number of aromatic amines is 1. The van der Waals surface area contributed by atoms with Crippen molar-refractivity contribution >= 4 is 17.8 Å². The molecule has 3 N–H and O–H groups in total. The molecule has 9 nitrogen and oxygen atoms in total. The molecular formula is C26H28N4O5. The summed E-state index contributed by atoms with van der Waals surface area (Å²) in [6.45, 7) is 1.68. The molecule has 2 aromatic carbocycles. The van der Waals surface area contributed by atoms with E-state index in [4.69, 9.17) is 15.2 Å². The molecule has 2 amide bonds. The van der Waals surface area contributed by atoms with Crippen molar-refractivity contribution in [1.82, 2.24) is 14.9 Å². The molecule has 3 atom stereocenters. The minimum Gasteiger partial charge on any atom is -0.433 e. The third-order valence-corrected chi connectivity index (χ3v) is 5.96. The van der Waals surface area contributed by atoms with Gasteiger partial charge in [0.25, 0.3) is 5.91 Å². The maximum absolute atomic E-state index is 13.5. The van der Waals surface area contributed by atoms with Crippen molar-refractivity contribution < 1.29 is 23.9 Å². The van der Waals surface area contributed by atoms with Crippen LogP contribution in [0.2, 0.25) is 0 Å². The van der Waals surface area contributed by atoms with Crippen LogP contribution in [0.4, 0.5) is 0 Å². The van der Waals surface area contributed by atoms with E-state index in [-0.39, 0.29) is 18.9 Å². The summed E-state index contributed by atoms with van der Waals surface area (Å²) in [6, 6.07) is 17.5. The van der Waals surface area contributed by atoms with Crippen LogP contribution < -0.4 is 5.73 Å². The monoisotopic (exact) mass is 476 g/mol. The molecule has 9 heteroatoms. The van der Waals surface area contributed by atoms with Crippen molar-refractivity contribution in [1.29, 1.82) is 0 Å². The summed E-state index contributed by atoms with van der Waals surface area (Å²) in [5, 5.41) is 0. The summed E-state index contributed by atoms with van der Waals surface area (Å²) in [6.07, 6.45) is 1.91. The molecule has 35 heavy (non-hydrogen) atoms. The minimum atomic E-state index is -1.04. The molecule has 0 bridgehead atoms. The zero-order valence-electron chi connectivity index (χ0n) is 19.4. The lowest BCUT2D eigenvalue weighted by Crippen LogP contribution is -2.54. The van der Waals surface area contributed by atoms with Crippen LogP contribution in [-0.2, 0) is 38.5 Å². The smallest absolute Gasteiger partial charge is 0.310 e. The van der Waals surface area contributed by atoms with Gasteiger partial charge in [-0.25, -0.2) is 4.98 Å². The van der Waals surface area contributed by atoms with Gasteiger partial charge in [-0.1, -0.05) is 60.7 Å². The lowest BCUT2D eigenvalue weighted by molar-refractivity contribution is -0.171. The predicted molar refractivity (Wildman–Crippen MR) is 127 cm³/mol. The maximum atomic E-state index is 13.5. The second-order valence-corrected chi connectivity index (χ2v) is 8.44. The predicted octanol–water partition coefficient (Wildman–Crippen LogP) is 2.37. The number of aryl methyl sites for hydroxylation is 2. The van der Waals surface area contributed by atoms with Gasteiger partial charge in [-0.15, -0.1) is 0 Å². The molecule has 0 aliphatic carbocycles. The summed E-state index contributed by atoms with van der Waals surface area (Å²) < 4.78 is 11.2. The number of cyclic esters (lactones) is 1. The highest BCUT2D eigenvalue weighted by atomic mass is 16.7. The number of ether oxygens (including phenoxy) is 2. The quantitative estimate of drug-likeness (QED) is 0.433. The standard InChI is InChI=1S/C26H28N4O5/c1-17(23(27)32)30(21-14-22(31)35-26(21)34-16-19-10-6-3-7-11-19)25(33)24-28-15-20(29-24)13-12-18-8-4-2-5-9-18/h2-11,15,17,21,26H,12-14,16H2,1H3,(H2,27,32)(H,28,29)/t17-,21?,26?/m0/s1. The zero-order chi connectivity index (χ0) is 24.8. The van der Waals surface area contributed by atoms with Gasteiger partial charge in [0.05, 0.1) is 18.7 Å². The lowest BCUT2D eigenvalue weighted by atomic mass is 10.1. The van der Waals surface area contributed by atoms with Crippen molar-refractivity contribution in [3.05, 3.63) is 89.5 Å². The Kier molecular flexibility index (Phi) is 7.57. The Hall–Kier alpha value is -3.98. The molecule has 0 saturated carbocycles. The molecule has 1 fully saturated rings. The topological polar surface area (TPSA) is 128 Å². The average Bonchev–Trinajstić information content (AvgIpc) is 3.49. The van der Waals surface area contributed by atoms with Gasteiger partial charge in [0.15, 0.2) is 5.82 Å². The fourth-order valence-electron chi connectivity index (χ4n) is 4.04. The number of rotatable bonds is 10. The Bertz CT molecular complexity index is 1160. The number of aromatic nitrogens is 2. The van der Waals surface area contributed by atoms with Crippen LogP contribution in [0.25, 0.3) is 0 Å². The summed E-state index contributed by atoms with van der Waals surface area (Å²) in [5.74, 6) is -1.73. The minimum absolute atomic E-state index is 0.0577. The van der Waals surface area contributed by atoms with Crippen molar-refractivity contribution in [2.45, 2.75) is 51.2 Å². The van der Waals surface area contributed by atoms with E-state index in [2.05, 4.69) is 9.97 Å². The molecule has 4 rings (SSSR count). The van der Waals surface area contributed by atoms with Gasteiger partial charge >= 0.3 is 5.97 Å². The molecule has 1 aliphatic heterocycles. The van der Waals surface area contributed by atoms with Gasteiger partial charge in [-0.05, 0) is 30.9 Å². The van der Waals surface area contributed by atoms with Gasteiger partial charge in [0, 0.05) is 6.20 Å². The highest BCUT2D eigenvalue weighted by Gasteiger charge is 2.45.